The maximum atomic E-state index is 5.99. The summed E-state index contributed by atoms with van der Waals surface area (Å²) >= 11 is 0. The molecule has 0 spiro atoms. The van der Waals surface area contributed by atoms with E-state index in [1.807, 2.05) is 100 Å². The highest BCUT2D eigenvalue weighted by Gasteiger charge is 2.34. The Morgan fingerprint density at radius 2 is 0.493 bits per heavy atom. The number of hydrogen-bond donors (Lipinski definition) is 0. The topological polar surface area (TPSA) is 18.5 Å². The van der Waals surface area contributed by atoms with Crippen molar-refractivity contribution in [3.8, 4) is 34.1 Å². The number of hydrogen-bond acceptors (Lipinski definition) is 2. The van der Waals surface area contributed by atoms with Crippen molar-refractivity contribution in [2.45, 2.75) is 87.5 Å². The molecule has 0 aromatic heterocycles. The zero-order chi connectivity index (χ0) is 48.0. The van der Waals surface area contributed by atoms with E-state index < -0.39 is 0 Å². The second-order valence-electron chi connectivity index (χ2n) is 16.4. The molecule has 0 fully saturated rings. The first-order valence-corrected chi connectivity index (χ1v) is 24.3. The summed E-state index contributed by atoms with van der Waals surface area (Å²) in [5, 5.41) is 9.66. The maximum Gasteiger partial charge on any atom is 0.128 e. The lowest BCUT2D eigenvalue weighted by atomic mass is 9.82. The Hall–Kier alpha value is -7.16. The monoisotopic (exact) mass is 883 g/mol. The molecule has 2 nitrogen and oxygen atoms in total. The van der Waals surface area contributed by atoms with Crippen LogP contribution in [-0.4, -0.2) is 0 Å². The van der Waals surface area contributed by atoms with E-state index in [0.29, 0.717) is 0 Å². The van der Waals surface area contributed by atoms with Gasteiger partial charge in [-0.15, -0.1) is 0 Å². The van der Waals surface area contributed by atoms with Crippen LogP contribution in [0.3, 0.4) is 0 Å². The predicted molar refractivity (Wildman–Crippen MR) is 295 cm³/mol. The zero-order valence-electron chi connectivity index (χ0n) is 41.5. The lowest BCUT2D eigenvalue weighted by Crippen LogP contribution is -2.14. The molecule has 0 unspecified atom stereocenters. The van der Waals surface area contributed by atoms with Gasteiger partial charge in [0.15, 0.2) is 0 Å². The third kappa shape index (κ3) is 13.5. The van der Waals surface area contributed by atoms with Crippen LogP contribution in [0.5, 0.6) is 23.0 Å². The van der Waals surface area contributed by atoms with Gasteiger partial charge in [0.25, 0.3) is 0 Å². The van der Waals surface area contributed by atoms with Crippen LogP contribution < -0.4 is 9.47 Å². The molecular formula is C65H70O2. The van der Waals surface area contributed by atoms with E-state index in [9.17, 15) is 0 Å². The van der Waals surface area contributed by atoms with Gasteiger partial charge in [-0.3, -0.25) is 0 Å². The van der Waals surface area contributed by atoms with Crippen molar-refractivity contribution in [3.05, 3.63) is 230 Å². The summed E-state index contributed by atoms with van der Waals surface area (Å²) in [7, 11) is 0. The van der Waals surface area contributed by atoms with Gasteiger partial charge in [0, 0.05) is 5.41 Å². The van der Waals surface area contributed by atoms with Gasteiger partial charge in [0.2, 0.25) is 0 Å². The quantitative estimate of drug-likeness (QED) is 0.175. The molecule has 0 heterocycles. The molecule has 342 valence electrons. The number of ether oxygens (including phenoxy) is 2. The van der Waals surface area contributed by atoms with Gasteiger partial charge >= 0.3 is 0 Å². The molecule has 2 heteroatoms. The molecule has 0 saturated carbocycles. The predicted octanol–water partition coefficient (Wildman–Crippen LogP) is 20.4. The molecule has 0 aliphatic heterocycles. The largest absolute Gasteiger partial charge is 0.457 e. The molecule has 10 aromatic carbocycles. The van der Waals surface area contributed by atoms with Crippen molar-refractivity contribution in [2.24, 2.45) is 0 Å². The molecule has 0 atom stereocenters. The summed E-state index contributed by atoms with van der Waals surface area (Å²) in [5.41, 5.74) is 5.86. The lowest BCUT2D eigenvalue weighted by molar-refractivity contribution is 0.484. The molecule has 0 N–H and O–H groups in total. The summed E-state index contributed by atoms with van der Waals surface area (Å²) in [6.45, 7) is 21.1. The van der Waals surface area contributed by atoms with E-state index in [0.717, 1.165) is 23.0 Å². The molecule has 11 rings (SSSR count). The lowest BCUT2D eigenvalue weighted by Gasteiger charge is -2.20. The Balaban J connectivity index is 0.000000173. The van der Waals surface area contributed by atoms with Crippen LogP contribution in [0.2, 0.25) is 0 Å². The van der Waals surface area contributed by atoms with Gasteiger partial charge in [-0.25, -0.2) is 0 Å². The zero-order valence-corrected chi connectivity index (χ0v) is 41.5. The van der Waals surface area contributed by atoms with Crippen LogP contribution >= 0.6 is 0 Å². The van der Waals surface area contributed by atoms with Gasteiger partial charge in [-0.2, -0.15) is 0 Å². The van der Waals surface area contributed by atoms with Crippen molar-refractivity contribution in [3.63, 3.8) is 0 Å². The Bertz CT molecular complexity index is 2690. The Kier molecular flexibility index (Phi) is 19.8. The van der Waals surface area contributed by atoms with E-state index in [1.54, 1.807) is 0 Å². The molecule has 0 amide bonds. The highest BCUT2D eigenvalue weighted by molar-refractivity contribution is 5.87. The van der Waals surface area contributed by atoms with E-state index in [4.69, 9.17) is 9.47 Å². The fourth-order valence-electron chi connectivity index (χ4n) is 7.87. The van der Waals surface area contributed by atoms with Crippen LogP contribution in [0.25, 0.3) is 54.2 Å². The summed E-state index contributed by atoms with van der Waals surface area (Å²) in [5.74, 6) is 3.46. The van der Waals surface area contributed by atoms with Gasteiger partial charge in [0.1, 0.15) is 23.0 Å². The average molecular weight is 883 g/mol. The van der Waals surface area contributed by atoms with E-state index in [1.165, 1.54) is 78.2 Å². The first kappa shape index (κ1) is 50.8. The third-order valence-electron chi connectivity index (χ3n) is 10.8. The van der Waals surface area contributed by atoms with Crippen LogP contribution in [0.15, 0.2) is 218 Å². The Morgan fingerprint density at radius 3 is 0.746 bits per heavy atom. The summed E-state index contributed by atoms with van der Waals surface area (Å²) < 4.78 is 12.0. The van der Waals surface area contributed by atoms with E-state index in [-0.39, 0.29) is 5.41 Å². The molecule has 10 aromatic rings. The molecule has 0 bridgehead atoms. The minimum atomic E-state index is 0.160. The molecule has 67 heavy (non-hydrogen) atoms. The second-order valence-corrected chi connectivity index (χ2v) is 16.4. The van der Waals surface area contributed by atoms with Crippen LogP contribution in [0, 0.1) is 0 Å². The fraction of sp³-hybridized carbons (Fsp3) is 0.200. The second kappa shape index (κ2) is 26.1. The van der Waals surface area contributed by atoms with Crippen molar-refractivity contribution in [2.75, 3.05) is 0 Å². The minimum Gasteiger partial charge on any atom is -0.457 e. The normalized spacial score (nSPS) is 11.1. The first-order chi connectivity index (χ1) is 32.8. The fourth-order valence-corrected chi connectivity index (χ4v) is 7.87. The third-order valence-corrected chi connectivity index (χ3v) is 10.8. The number of fused-ring (bicyclic) bond motifs is 7. The van der Waals surface area contributed by atoms with Crippen LogP contribution in [-0.2, 0) is 5.41 Å². The molecule has 0 saturated heterocycles. The van der Waals surface area contributed by atoms with Gasteiger partial charge in [-0.1, -0.05) is 252 Å². The number of benzene rings is 10. The minimum absolute atomic E-state index is 0.160. The van der Waals surface area contributed by atoms with Crippen LogP contribution in [0.1, 0.15) is 93.2 Å². The van der Waals surface area contributed by atoms with E-state index >= 15 is 0 Å². The maximum absolute atomic E-state index is 5.99. The average Bonchev–Trinajstić information content (AvgIpc) is 3.61. The van der Waals surface area contributed by atoms with Gasteiger partial charge in [0.05, 0.1) is 0 Å². The van der Waals surface area contributed by atoms with E-state index in [2.05, 4.69) is 187 Å². The van der Waals surface area contributed by atoms with Gasteiger partial charge in [-0.05, 0) is 114 Å². The molecule has 1 aliphatic carbocycles. The van der Waals surface area contributed by atoms with Crippen molar-refractivity contribution in [1.82, 2.24) is 0 Å². The summed E-state index contributed by atoms with van der Waals surface area (Å²) in [6, 6.07) is 75.3. The first-order valence-electron chi connectivity index (χ1n) is 24.3. The van der Waals surface area contributed by atoms with Crippen molar-refractivity contribution in [1.29, 1.82) is 0 Å². The number of rotatable bonds is 4. The summed E-state index contributed by atoms with van der Waals surface area (Å²) in [6.07, 6.45) is 2.50. The smallest absolute Gasteiger partial charge is 0.128 e. The molecule has 1 aliphatic rings. The summed E-state index contributed by atoms with van der Waals surface area (Å²) in [4.78, 5) is 0. The highest BCUT2D eigenvalue weighted by atomic mass is 16.5. The Labute approximate surface area is 401 Å². The molecular weight excluding hydrogens is 813 g/mol. The Morgan fingerprint density at radius 1 is 0.284 bits per heavy atom. The van der Waals surface area contributed by atoms with Crippen LogP contribution in [0.4, 0.5) is 0 Å². The van der Waals surface area contributed by atoms with Crippen molar-refractivity contribution >= 4 is 43.1 Å². The standard InChI is InChI=1S/2C20H14O.C15H14.2C3H8.2C2H6/c2*1-3-7-17-13-19(11-9-15(17)5-1)21-20-12-10-16-6-2-4-8-18(16)14-20;1-15(2)13-9-5-3-7-11(13)12-8-4-6-10-14(12)15;2*1-3-2;2*1-2/h2*1-14H;3-10H,1-2H3;2*3H2,1-2H3;2*1-2H3. The highest BCUT2D eigenvalue weighted by Crippen LogP contribution is 2.48. The van der Waals surface area contributed by atoms with Crippen molar-refractivity contribution < 1.29 is 9.47 Å². The van der Waals surface area contributed by atoms with Gasteiger partial charge < -0.3 is 9.47 Å². The SMILES string of the molecule is CC.CC.CC1(C)c2ccccc2-c2ccccc21.CCC.CCC.c1ccc2cc(Oc3ccc4ccccc4c3)ccc2c1.c1ccc2cc(Oc3ccc4ccccc4c3)ccc2c1. The molecule has 0 radical (unpaired) electrons.